The van der Waals surface area contributed by atoms with E-state index in [0.29, 0.717) is 18.2 Å². The standard InChI is InChI=1S/C22H26N4O3S/c1-4-26-21(16(2)29-19-12-10-18(28-3)11-13-19)24-25-22(26)30-15-20(27)23-14-17-8-6-5-7-9-17/h5-13,16H,4,14-15H2,1-3H3,(H,23,27). The highest BCUT2D eigenvalue weighted by Gasteiger charge is 2.19. The van der Waals surface area contributed by atoms with Crippen molar-refractivity contribution in [2.24, 2.45) is 0 Å². The summed E-state index contributed by atoms with van der Waals surface area (Å²) in [5, 5.41) is 12.2. The summed E-state index contributed by atoms with van der Waals surface area (Å²) in [6.45, 7) is 5.15. The van der Waals surface area contributed by atoms with Crippen LogP contribution in [0.2, 0.25) is 0 Å². The molecule has 0 saturated carbocycles. The third-order valence-electron chi connectivity index (χ3n) is 4.46. The molecule has 0 bridgehead atoms. The summed E-state index contributed by atoms with van der Waals surface area (Å²) < 4.78 is 13.1. The van der Waals surface area contributed by atoms with Gasteiger partial charge in [-0.25, -0.2) is 0 Å². The first-order valence-corrected chi connectivity index (χ1v) is 10.8. The highest BCUT2D eigenvalue weighted by Crippen LogP contribution is 2.25. The summed E-state index contributed by atoms with van der Waals surface area (Å²) in [5.74, 6) is 2.46. The highest BCUT2D eigenvalue weighted by molar-refractivity contribution is 7.99. The summed E-state index contributed by atoms with van der Waals surface area (Å²) in [7, 11) is 1.63. The topological polar surface area (TPSA) is 78.3 Å². The van der Waals surface area contributed by atoms with Crippen molar-refractivity contribution in [2.45, 2.75) is 38.2 Å². The van der Waals surface area contributed by atoms with Gasteiger partial charge in [0.25, 0.3) is 0 Å². The molecule has 1 unspecified atom stereocenters. The van der Waals surface area contributed by atoms with Crippen LogP contribution in [0.4, 0.5) is 0 Å². The zero-order valence-corrected chi connectivity index (χ0v) is 18.2. The van der Waals surface area contributed by atoms with Crippen LogP contribution in [0.3, 0.4) is 0 Å². The maximum absolute atomic E-state index is 12.2. The number of ether oxygens (including phenoxy) is 2. The Kier molecular flexibility index (Phi) is 7.73. The second kappa shape index (κ2) is 10.7. The fourth-order valence-electron chi connectivity index (χ4n) is 2.89. The molecule has 0 fully saturated rings. The third kappa shape index (κ3) is 5.76. The van der Waals surface area contributed by atoms with E-state index in [-0.39, 0.29) is 17.8 Å². The van der Waals surface area contributed by atoms with E-state index < -0.39 is 0 Å². The molecule has 0 aliphatic carbocycles. The zero-order valence-electron chi connectivity index (χ0n) is 17.4. The zero-order chi connectivity index (χ0) is 21.3. The average molecular weight is 427 g/mol. The lowest BCUT2D eigenvalue weighted by Crippen LogP contribution is -2.24. The van der Waals surface area contributed by atoms with Crippen LogP contribution in [0.25, 0.3) is 0 Å². The first-order valence-electron chi connectivity index (χ1n) is 9.78. The van der Waals surface area contributed by atoms with Gasteiger partial charge in [-0.05, 0) is 43.7 Å². The molecule has 3 aromatic rings. The Morgan fingerprint density at radius 1 is 1.10 bits per heavy atom. The van der Waals surface area contributed by atoms with E-state index in [0.717, 1.165) is 22.9 Å². The second-order valence-corrected chi connectivity index (χ2v) is 7.51. The molecular weight excluding hydrogens is 400 g/mol. The van der Waals surface area contributed by atoms with Gasteiger partial charge in [-0.2, -0.15) is 0 Å². The first-order chi connectivity index (χ1) is 14.6. The Morgan fingerprint density at radius 2 is 1.80 bits per heavy atom. The Labute approximate surface area is 180 Å². The molecule has 0 saturated heterocycles. The van der Waals surface area contributed by atoms with E-state index in [4.69, 9.17) is 9.47 Å². The minimum Gasteiger partial charge on any atom is -0.497 e. The maximum Gasteiger partial charge on any atom is 0.230 e. The van der Waals surface area contributed by atoms with E-state index in [9.17, 15) is 4.79 Å². The molecule has 1 amide bonds. The summed E-state index contributed by atoms with van der Waals surface area (Å²) in [4.78, 5) is 12.2. The van der Waals surface area contributed by atoms with Crippen molar-refractivity contribution in [3.63, 3.8) is 0 Å². The number of methoxy groups -OCH3 is 1. The van der Waals surface area contributed by atoms with Crippen LogP contribution in [0, 0.1) is 0 Å². The van der Waals surface area contributed by atoms with Crippen LogP contribution >= 0.6 is 11.8 Å². The van der Waals surface area contributed by atoms with Crippen molar-refractivity contribution >= 4 is 17.7 Å². The lowest BCUT2D eigenvalue weighted by Gasteiger charge is -2.15. The SMILES string of the molecule is CCn1c(SCC(=O)NCc2ccccc2)nnc1C(C)Oc1ccc(OC)cc1. The van der Waals surface area contributed by atoms with Crippen molar-refractivity contribution in [3.05, 3.63) is 66.0 Å². The lowest BCUT2D eigenvalue weighted by atomic mass is 10.2. The molecule has 30 heavy (non-hydrogen) atoms. The van der Waals surface area contributed by atoms with E-state index in [1.54, 1.807) is 7.11 Å². The Bertz CT molecular complexity index is 945. The minimum absolute atomic E-state index is 0.0430. The van der Waals surface area contributed by atoms with Gasteiger partial charge in [0.05, 0.1) is 12.9 Å². The van der Waals surface area contributed by atoms with Gasteiger partial charge in [0.2, 0.25) is 5.91 Å². The fraction of sp³-hybridized carbons (Fsp3) is 0.318. The van der Waals surface area contributed by atoms with Crippen molar-refractivity contribution in [3.8, 4) is 11.5 Å². The van der Waals surface area contributed by atoms with Gasteiger partial charge in [-0.15, -0.1) is 10.2 Å². The number of carbonyl (C=O) groups excluding carboxylic acids is 1. The molecule has 1 N–H and O–H groups in total. The van der Waals surface area contributed by atoms with Gasteiger partial charge in [0.15, 0.2) is 17.1 Å². The molecule has 0 spiro atoms. The number of hydrogen-bond acceptors (Lipinski definition) is 6. The number of hydrogen-bond donors (Lipinski definition) is 1. The van der Waals surface area contributed by atoms with Crippen LogP contribution < -0.4 is 14.8 Å². The average Bonchev–Trinajstić information content (AvgIpc) is 3.20. The van der Waals surface area contributed by atoms with E-state index in [2.05, 4.69) is 15.5 Å². The van der Waals surface area contributed by atoms with Crippen molar-refractivity contribution in [1.29, 1.82) is 0 Å². The number of thioether (sulfide) groups is 1. The number of nitrogens with one attached hydrogen (secondary N) is 1. The van der Waals surface area contributed by atoms with Gasteiger partial charge in [-0.3, -0.25) is 4.79 Å². The quantitative estimate of drug-likeness (QED) is 0.496. The predicted molar refractivity (Wildman–Crippen MR) is 117 cm³/mol. The van der Waals surface area contributed by atoms with Crippen molar-refractivity contribution in [1.82, 2.24) is 20.1 Å². The molecule has 0 aliphatic heterocycles. The van der Waals surface area contributed by atoms with Crippen LogP contribution in [0.15, 0.2) is 59.8 Å². The Hall–Kier alpha value is -3.00. The van der Waals surface area contributed by atoms with Crippen molar-refractivity contribution < 1.29 is 14.3 Å². The molecule has 1 aromatic heterocycles. The molecule has 7 nitrogen and oxygen atoms in total. The Balaban J connectivity index is 1.56. The molecule has 2 aromatic carbocycles. The van der Waals surface area contributed by atoms with Crippen LogP contribution in [0.5, 0.6) is 11.5 Å². The molecule has 3 rings (SSSR count). The monoisotopic (exact) mass is 426 g/mol. The molecule has 8 heteroatoms. The van der Waals surface area contributed by atoms with Crippen LogP contribution in [0.1, 0.15) is 31.3 Å². The van der Waals surface area contributed by atoms with Gasteiger partial charge in [-0.1, -0.05) is 42.1 Å². The number of amides is 1. The van der Waals surface area contributed by atoms with E-state index >= 15 is 0 Å². The van der Waals surface area contributed by atoms with E-state index in [1.807, 2.05) is 73.0 Å². The van der Waals surface area contributed by atoms with Gasteiger partial charge in [0, 0.05) is 13.1 Å². The second-order valence-electron chi connectivity index (χ2n) is 6.57. The van der Waals surface area contributed by atoms with Crippen LogP contribution in [-0.2, 0) is 17.9 Å². The smallest absolute Gasteiger partial charge is 0.230 e. The normalized spacial score (nSPS) is 11.7. The summed E-state index contributed by atoms with van der Waals surface area (Å²) in [6, 6.07) is 17.2. The van der Waals surface area contributed by atoms with Gasteiger partial charge < -0.3 is 19.4 Å². The number of aromatic nitrogens is 3. The molecule has 1 heterocycles. The number of rotatable bonds is 10. The molecule has 1 atom stereocenters. The predicted octanol–water partition coefficient (Wildman–Crippen LogP) is 3.86. The lowest BCUT2D eigenvalue weighted by molar-refractivity contribution is -0.118. The van der Waals surface area contributed by atoms with Gasteiger partial charge in [0.1, 0.15) is 11.5 Å². The maximum atomic E-state index is 12.2. The molecule has 0 aliphatic rings. The summed E-state index contributed by atoms with van der Waals surface area (Å²) >= 11 is 1.37. The number of carbonyl (C=O) groups is 1. The largest absolute Gasteiger partial charge is 0.497 e. The van der Waals surface area contributed by atoms with Crippen LogP contribution in [-0.4, -0.2) is 33.5 Å². The highest BCUT2D eigenvalue weighted by atomic mass is 32.2. The van der Waals surface area contributed by atoms with Gasteiger partial charge >= 0.3 is 0 Å². The Morgan fingerprint density at radius 3 is 2.47 bits per heavy atom. The molecule has 0 radical (unpaired) electrons. The van der Waals surface area contributed by atoms with Crippen molar-refractivity contribution in [2.75, 3.05) is 12.9 Å². The first kappa shape index (κ1) is 21.7. The van der Waals surface area contributed by atoms with E-state index in [1.165, 1.54) is 11.8 Å². The summed E-state index contributed by atoms with van der Waals surface area (Å²) in [5.41, 5.74) is 1.07. The number of nitrogens with zero attached hydrogens (tertiary/aromatic N) is 3. The third-order valence-corrected chi connectivity index (χ3v) is 5.43. The molecular formula is C22H26N4O3S. The fourth-order valence-corrected chi connectivity index (χ4v) is 3.73. The summed E-state index contributed by atoms with van der Waals surface area (Å²) in [6.07, 6.45) is -0.285. The minimum atomic E-state index is -0.285. The number of benzene rings is 2. The molecule has 158 valence electrons.